The minimum Gasteiger partial charge on any atom is -0.354 e. The molecular formula is C26H25ClF3N5O5S2. The summed E-state index contributed by atoms with van der Waals surface area (Å²) in [6.07, 6.45) is 1.28. The maximum atomic E-state index is 12.9. The predicted octanol–water partition coefficient (Wildman–Crippen LogP) is 3.59. The van der Waals surface area contributed by atoms with E-state index in [-0.39, 0.29) is 28.7 Å². The van der Waals surface area contributed by atoms with Crippen molar-refractivity contribution in [2.75, 3.05) is 36.8 Å². The molecule has 5 rings (SSSR count). The summed E-state index contributed by atoms with van der Waals surface area (Å²) in [5, 5.41) is 2.08. The molecule has 0 radical (unpaired) electrons. The second-order valence-corrected chi connectivity index (χ2v) is 14.0. The molecule has 10 nitrogen and oxygen atoms in total. The lowest BCUT2D eigenvalue weighted by atomic mass is 10.1. The summed E-state index contributed by atoms with van der Waals surface area (Å²) in [5.41, 5.74) is -4.92. The van der Waals surface area contributed by atoms with Gasteiger partial charge in [-0.3, -0.25) is 9.20 Å². The van der Waals surface area contributed by atoms with Crippen LogP contribution in [0.4, 0.5) is 19.0 Å². The van der Waals surface area contributed by atoms with Crippen LogP contribution in [0.1, 0.15) is 12.1 Å². The summed E-state index contributed by atoms with van der Waals surface area (Å²) in [6.45, 7) is 0.859. The standard InChI is InChI=1S/C26H25ClF3N5O5S2/c27-20-6-4-19-15-22(7-5-18(19)14-20)41(37,38)13-8-25(36)34-11-9-33(10-12-34)24-3-1-2-23-32-21(17-35(23)24)16-31-42(39,40)26(28,29)30/h1-7,14-15,17,31H,8-13,16H2. The van der Waals surface area contributed by atoms with Gasteiger partial charge in [-0.2, -0.15) is 13.2 Å². The lowest BCUT2D eigenvalue weighted by Crippen LogP contribution is -2.49. The van der Waals surface area contributed by atoms with Crippen molar-refractivity contribution in [2.45, 2.75) is 23.4 Å². The number of carbonyl (C=O) groups excluding carboxylic acids is 1. The van der Waals surface area contributed by atoms with Gasteiger partial charge < -0.3 is 9.80 Å². The number of nitrogens with zero attached hydrogens (tertiary/aromatic N) is 4. The van der Waals surface area contributed by atoms with Crippen molar-refractivity contribution in [3.8, 4) is 0 Å². The first-order valence-electron chi connectivity index (χ1n) is 12.7. The van der Waals surface area contributed by atoms with Crippen LogP contribution in [0.25, 0.3) is 16.4 Å². The average Bonchev–Trinajstić information content (AvgIpc) is 3.37. The van der Waals surface area contributed by atoms with Crippen LogP contribution in [0.15, 0.2) is 65.7 Å². The van der Waals surface area contributed by atoms with Gasteiger partial charge in [-0.25, -0.2) is 26.5 Å². The number of aromatic nitrogens is 2. The molecule has 0 saturated carbocycles. The van der Waals surface area contributed by atoms with Gasteiger partial charge in [0, 0.05) is 43.8 Å². The second-order valence-electron chi connectivity index (χ2n) is 9.70. The van der Waals surface area contributed by atoms with Crippen molar-refractivity contribution in [3.63, 3.8) is 0 Å². The Bertz CT molecular complexity index is 1870. The van der Waals surface area contributed by atoms with Gasteiger partial charge in [-0.15, -0.1) is 0 Å². The Labute approximate surface area is 244 Å². The van der Waals surface area contributed by atoms with Crippen molar-refractivity contribution in [2.24, 2.45) is 0 Å². The topological polar surface area (TPSA) is 121 Å². The Morgan fingerprint density at radius 1 is 0.952 bits per heavy atom. The molecule has 1 amide bonds. The summed E-state index contributed by atoms with van der Waals surface area (Å²) in [5.74, 6) is 0.0449. The number of fused-ring (bicyclic) bond motifs is 2. The quantitative estimate of drug-likeness (QED) is 0.312. The van der Waals surface area contributed by atoms with Crippen LogP contribution in [-0.4, -0.2) is 74.5 Å². The molecular weight excluding hydrogens is 619 g/mol. The van der Waals surface area contributed by atoms with Gasteiger partial charge in [-0.05, 0) is 47.2 Å². The number of hydrogen-bond acceptors (Lipinski definition) is 7. The minimum atomic E-state index is -5.51. The normalized spacial score (nSPS) is 15.0. The van der Waals surface area contributed by atoms with E-state index in [1.54, 1.807) is 57.8 Å². The second kappa shape index (κ2) is 11.4. The van der Waals surface area contributed by atoms with Gasteiger partial charge in [0.05, 0.1) is 22.9 Å². The zero-order valence-electron chi connectivity index (χ0n) is 21.9. The Hall–Kier alpha value is -3.40. The fourth-order valence-electron chi connectivity index (χ4n) is 4.71. The number of anilines is 1. The molecule has 224 valence electrons. The fraction of sp³-hybridized carbons (Fsp3) is 0.308. The maximum absolute atomic E-state index is 12.9. The summed E-state index contributed by atoms with van der Waals surface area (Å²) in [7, 11) is -9.21. The molecule has 1 fully saturated rings. The predicted molar refractivity (Wildman–Crippen MR) is 151 cm³/mol. The Morgan fingerprint density at radius 2 is 1.64 bits per heavy atom. The van der Waals surface area contributed by atoms with Crippen molar-refractivity contribution >= 4 is 59.6 Å². The van der Waals surface area contributed by atoms with Crippen molar-refractivity contribution < 1.29 is 34.8 Å². The molecule has 1 N–H and O–H groups in total. The maximum Gasteiger partial charge on any atom is 0.511 e. The number of carbonyl (C=O) groups is 1. The minimum absolute atomic E-state index is 0.0977. The van der Waals surface area contributed by atoms with Crippen LogP contribution in [-0.2, 0) is 31.2 Å². The highest BCUT2D eigenvalue weighted by atomic mass is 35.5. The first-order chi connectivity index (χ1) is 19.7. The molecule has 1 aliphatic heterocycles. The first-order valence-corrected chi connectivity index (χ1v) is 16.2. The number of amides is 1. The first kappa shape index (κ1) is 30.1. The van der Waals surface area contributed by atoms with E-state index < -0.39 is 31.9 Å². The Kier molecular flexibility index (Phi) is 8.13. The number of alkyl halides is 3. The molecule has 0 spiro atoms. The van der Waals surface area contributed by atoms with Crippen LogP contribution in [0.5, 0.6) is 0 Å². The van der Waals surface area contributed by atoms with E-state index in [0.29, 0.717) is 42.7 Å². The molecule has 2 aromatic heterocycles. The molecule has 1 aliphatic rings. The summed E-state index contributed by atoms with van der Waals surface area (Å²) in [4.78, 5) is 20.8. The number of benzene rings is 2. The highest BCUT2D eigenvalue weighted by Gasteiger charge is 2.45. The number of hydrogen-bond donors (Lipinski definition) is 1. The number of pyridine rings is 1. The largest absolute Gasteiger partial charge is 0.511 e. The molecule has 3 heterocycles. The number of sulfone groups is 1. The molecule has 1 saturated heterocycles. The molecule has 42 heavy (non-hydrogen) atoms. The Morgan fingerprint density at radius 3 is 2.36 bits per heavy atom. The number of piperazine rings is 1. The van der Waals surface area contributed by atoms with Gasteiger partial charge in [-0.1, -0.05) is 29.8 Å². The molecule has 0 bridgehead atoms. The van der Waals surface area contributed by atoms with E-state index >= 15 is 0 Å². The van der Waals surface area contributed by atoms with Crippen molar-refractivity contribution in [1.82, 2.24) is 19.0 Å². The van der Waals surface area contributed by atoms with Crippen LogP contribution >= 0.6 is 11.6 Å². The highest BCUT2D eigenvalue weighted by Crippen LogP contribution is 2.25. The third-order valence-corrected chi connectivity index (χ3v) is 10.0. The summed E-state index contributed by atoms with van der Waals surface area (Å²) >= 11 is 6.00. The number of rotatable bonds is 8. The molecule has 2 aromatic carbocycles. The van der Waals surface area contributed by atoms with Crippen LogP contribution in [0, 0.1) is 0 Å². The smallest absolute Gasteiger partial charge is 0.354 e. The monoisotopic (exact) mass is 643 g/mol. The van der Waals surface area contributed by atoms with Gasteiger partial charge in [0.2, 0.25) is 5.91 Å². The summed E-state index contributed by atoms with van der Waals surface area (Å²) in [6, 6.07) is 15.0. The number of halogens is 4. The van der Waals surface area contributed by atoms with Gasteiger partial charge in [0.1, 0.15) is 11.5 Å². The molecule has 16 heteroatoms. The third kappa shape index (κ3) is 6.33. The lowest BCUT2D eigenvalue weighted by molar-refractivity contribution is -0.131. The third-order valence-electron chi connectivity index (χ3n) is 6.94. The average molecular weight is 644 g/mol. The molecule has 0 atom stereocenters. The molecule has 0 unspecified atom stereocenters. The van der Waals surface area contributed by atoms with Gasteiger partial charge >= 0.3 is 15.5 Å². The number of imidazole rings is 1. The summed E-state index contributed by atoms with van der Waals surface area (Å²) < 4.78 is 89.6. The van der Waals surface area contributed by atoms with Crippen molar-refractivity contribution in [3.05, 3.63) is 71.5 Å². The zero-order chi connectivity index (χ0) is 30.3. The van der Waals surface area contributed by atoms with Crippen molar-refractivity contribution in [1.29, 1.82) is 0 Å². The Balaban J connectivity index is 1.19. The van der Waals surface area contributed by atoms with E-state index in [0.717, 1.165) is 10.8 Å². The highest BCUT2D eigenvalue weighted by molar-refractivity contribution is 7.91. The van der Waals surface area contributed by atoms with Crippen LogP contribution in [0.3, 0.4) is 0 Å². The van der Waals surface area contributed by atoms with E-state index in [2.05, 4.69) is 4.98 Å². The van der Waals surface area contributed by atoms with E-state index in [1.165, 1.54) is 17.0 Å². The lowest BCUT2D eigenvalue weighted by Gasteiger charge is -2.36. The van der Waals surface area contributed by atoms with E-state index in [1.807, 2.05) is 4.90 Å². The SMILES string of the molecule is O=C(CCS(=O)(=O)c1ccc2cc(Cl)ccc2c1)N1CCN(c2cccc3nc(CNS(=O)(=O)C(F)(F)F)cn23)CC1. The van der Waals surface area contributed by atoms with E-state index in [4.69, 9.17) is 11.6 Å². The van der Waals surface area contributed by atoms with Crippen LogP contribution < -0.4 is 9.62 Å². The fourth-order valence-corrected chi connectivity index (χ4v) is 6.65. The van der Waals surface area contributed by atoms with Gasteiger partial charge in [0.25, 0.3) is 0 Å². The van der Waals surface area contributed by atoms with Crippen LogP contribution in [0.2, 0.25) is 5.02 Å². The molecule has 4 aromatic rings. The number of nitrogens with one attached hydrogen (secondary N) is 1. The van der Waals surface area contributed by atoms with Gasteiger partial charge in [0.15, 0.2) is 9.84 Å². The zero-order valence-corrected chi connectivity index (χ0v) is 24.3. The number of sulfonamides is 1. The van der Waals surface area contributed by atoms with E-state index in [9.17, 15) is 34.8 Å². The molecule has 0 aliphatic carbocycles.